The maximum atomic E-state index is 2.44. The van der Waals surface area contributed by atoms with Gasteiger partial charge in [-0.25, -0.2) is 0 Å². The number of para-hydroxylation sites is 1. The first-order chi connectivity index (χ1) is 30.2. The summed E-state index contributed by atoms with van der Waals surface area (Å²) in [6.07, 6.45) is 0. The van der Waals surface area contributed by atoms with Gasteiger partial charge < -0.3 is 9.47 Å². The molecule has 0 fully saturated rings. The van der Waals surface area contributed by atoms with Gasteiger partial charge in [0.2, 0.25) is 0 Å². The number of benzene rings is 10. The molecule has 0 N–H and O–H groups in total. The molecule has 0 unspecified atom stereocenters. The number of anilines is 3. The van der Waals surface area contributed by atoms with Gasteiger partial charge in [0.05, 0.1) is 11.0 Å². The Kier molecular flexibility index (Phi) is 8.39. The summed E-state index contributed by atoms with van der Waals surface area (Å²) in [5, 5.41) is 7.66. The first kappa shape index (κ1) is 35.2. The van der Waals surface area contributed by atoms with Gasteiger partial charge >= 0.3 is 0 Å². The number of aromatic nitrogens is 1. The van der Waals surface area contributed by atoms with Crippen LogP contribution >= 0.6 is 11.3 Å². The average Bonchev–Trinajstić information content (AvgIpc) is 3.89. The van der Waals surface area contributed by atoms with Crippen LogP contribution in [0.1, 0.15) is 0 Å². The minimum atomic E-state index is 1.10. The predicted octanol–water partition coefficient (Wildman–Crippen LogP) is 16.8. The molecule has 0 saturated heterocycles. The second-order valence-electron chi connectivity index (χ2n) is 15.7. The van der Waals surface area contributed by atoms with Gasteiger partial charge in [-0.3, -0.25) is 0 Å². The Hall–Kier alpha value is -7.72. The third-order valence-corrected chi connectivity index (χ3v) is 13.3. The van der Waals surface area contributed by atoms with Crippen LogP contribution in [0.25, 0.3) is 91.8 Å². The van der Waals surface area contributed by atoms with E-state index >= 15 is 0 Å². The summed E-state index contributed by atoms with van der Waals surface area (Å²) < 4.78 is 5.08. The second-order valence-corrected chi connectivity index (χ2v) is 16.8. The lowest BCUT2D eigenvalue weighted by Crippen LogP contribution is -2.09. The van der Waals surface area contributed by atoms with Gasteiger partial charge in [0.25, 0.3) is 0 Å². The van der Waals surface area contributed by atoms with Gasteiger partial charge in [-0.1, -0.05) is 164 Å². The smallest absolute Gasteiger partial charge is 0.0619 e. The first-order valence-electron chi connectivity index (χ1n) is 20.8. The van der Waals surface area contributed by atoms with Crippen LogP contribution in [0.5, 0.6) is 0 Å². The van der Waals surface area contributed by atoms with Crippen LogP contribution in [0.3, 0.4) is 0 Å². The van der Waals surface area contributed by atoms with E-state index in [0.29, 0.717) is 0 Å². The zero-order valence-corrected chi connectivity index (χ0v) is 34.1. The van der Waals surface area contributed by atoms with E-state index in [-0.39, 0.29) is 0 Å². The Labute approximate surface area is 358 Å². The molecule has 0 aliphatic heterocycles. The molecule has 0 bridgehead atoms. The van der Waals surface area contributed by atoms with Crippen molar-refractivity contribution in [2.45, 2.75) is 0 Å². The molecule has 2 nitrogen and oxygen atoms in total. The molecule has 10 aromatic carbocycles. The van der Waals surface area contributed by atoms with Crippen LogP contribution in [0.2, 0.25) is 0 Å². The Bertz CT molecular complexity index is 3550. The monoisotopic (exact) mass is 794 g/mol. The highest BCUT2D eigenvalue weighted by Gasteiger charge is 2.18. The molecular formula is C58H38N2S. The van der Waals surface area contributed by atoms with Crippen LogP contribution in [-0.4, -0.2) is 4.57 Å². The van der Waals surface area contributed by atoms with E-state index in [9.17, 15) is 0 Å². The molecule has 0 aliphatic rings. The Morgan fingerprint density at radius 1 is 0.344 bits per heavy atom. The zero-order chi connectivity index (χ0) is 40.3. The largest absolute Gasteiger partial charge is 0.311 e. The highest BCUT2D eigenvalue weighted by Crippen LogP contribution is 2.43. The summed E-state index contributed by atoms with van der Waals surface area (Å²) in [4.78, 5) is 2.37. The van der Waals surface area contributed by atoms with Crippen molar-refractivity contribution in [3.63, 3.8) is 0 Å². The number of rotatable bonds is 7. The molecule has 0 atom stereocenters. The lowest BCUT2D eigenvalue weighted by molar-refractivity contribution is 1.19. The molecule has 12 aromatic rings. The van der Waals surface area contributed by atoms with Gasteiger partial charge in [-0.15, -0.1) is 11.3 Å². The van der Waals surface area contributed by atoms with Crippen molar-refractivity contribution in [3.05, 3.63) is 231 Å². The van der Waals surface area contributed by atoms with Crippen molar-refractivity contribution in [3.8, 4) is 39.1 Å². The van der Waals surface area contributed by atoms with Crippen LogP contribution < -0.4 is 4.90 Å². The summed E-state index contributed by atoms with van der Waals surface area (Å²) in [5.74, 6) is 0. The first-order valence-corrected chi connectivity index (χ1v) is 21.6. The molecule has 61 heavy (non-hydrogen) atoms. The molecule has 12 rings (SSSR count). The third-order valence-electron chi connectivity index (χ3n) is 12.2. The number of thiophene rings is 1. The zero-order valence-electron chi connectivity index (χ0n) is 33.2. The topological polar surface area (TPSA) is 8.17 Å². The fraction of sp³-hybridized carbons (Fsp3) is 0. The highest BCUT2D eigenvalue weighted by molar-refractivity contribution is 7.25. The molecular weight excluding hydrogens is 757 g/mol. The highest BCUT2D eigenvalue weighted by atomic mass is 32.1. The summed E-state index contributed by atoms with van der Waals surface area (Å²) in [7, 11) is 0. The van der Waals surface area contributed by atoms with Crippen LogP contribution in [0.4, 0.5) is 17.1 Å². The maximum Gasteiger partial charge on any atom is 0.0619 e. The van der Waals surface area contributed by atoms with Crippen LogP contribution in [-0.2, 0) is 0 Å². The van der Waals surface area contributed by atoms with Crippen molar-refractivity contribution >= 4 is 81.1 Å². The fourth-order valence-corrected chi connectivity index (χ4v) is 10.4. The molecule has 0 radical (unpaired) electrons. The molecule has 0 saturated carbocycles. The molecule has 2 aromatic heterocycles. The summed E-state index contributed by atoms with van der Waals surface area (Å²) >= 11 is 1.86. The number of hydrogen-bond acceptors (Lipinski definition) is 2. The van der Waals surface area contributed by atoms with Crippen molar-refractivity contribution < 1.29 is 0 Å². The lowest BCUT2D eigenvalue weighted by atomic mass is 9.99. The van der Waals surface area contributed by atoms with Crippen LogP contribution in [0.15, 0.2) is 231 Å². The van der Waals surface area contributed by atoms with Gasteiger partial charge in [0, 0.05) is 59.1 Å². The fourth-order valence-electron chi connectivity index (χ4n) is 9.29. The Morgan fingerprint density at radius 3 is 1.61 bits per heavy atom. The normalized spacial score (nSPS) is 11.6. The summed E-state index contributed by atoms with van der Waals surface area (Å²) in [6.45, 7) is 0. The number of fused-ring (bicyclic) bond motifs is 8. The minimum Gasteiger partial charge on any atom is -0.311 e. The Balaban J connectivity index is 0.958. The number of nitrogens with zero attached hydrogens (tertiary/aromatic N) is 2. The van der Waals surface area contributed by atoms with Gasteiger partial charge in [0.1, 0.15) is 0 Å². The van der Waals surface area contributed by atoms with Gasteiger partial charge in [-0.05, 0) is 105 Å². The average molecular weight is 795 g/mol. The standard InChI is InChI=1S/C58H38N2S/c1-3-12-39(13-4-1)40-22-30-46(31-23-40)59(48-34-26-43(27-35-48)49-19-11-21-56-57(49)53-18-9-10-20-55(53)61-56)47-32-24-41(25-33-47)44-29-36-51-52-37-28-42-14-7-8-17-50(42)58(52)60(54(51)38-44)45-15-5-2-6-16-45/h1-38H. The lowest BCUT2D eigenvalue weighted by Gasteiger charge is -2.26. The molecule has 0 aliphatic carbocycles. The van der Waals surface area contributed by atoms with E-state index in [0.717, 1.165) is 22.7 Å². The van der Waals surface area contributed by atoms with Crippen molar-refractivity contribution in [2.24, 2.45) is 0 Å². The molecule has 3 heteroatoms. The quantitative estimate of drug-likeness (QED) is 0.156. The van der Waals surface area contributed by atoms with E-state index in [1.54, 1.807) is 0 Å². The van der Waals surface area contributed by atoms with E-state index < -0.39 is 0 Å². The van der Waals surface area contributed by atoms with Gasteiger partial charge in [-0.2, -0.15) is 0 Å². The molecule has 2 heterocycles. The number of hydrogen-bond donors (Lipinski definition) is 0. The summed E-state index contributed by atoms with van der Waals surface area (Å²) in [6, 6.07) is 84.1. The predicted molar refractivity (Wildman–Crippen MR) is 262 cm³/mol. The van der Waals surface area contributed by atoms with Crippen molar-refractivity contribution in [1.82, 2.24) is 4.57 Å². The second kappa shape index (κ2) is 14.5. The van der Waals surface area contributed by atoms with E-state index in [2.05, 4.69) is 240 Å². The van der Waals surface area contributed by atoms with E-state index in [1.165, 1.54) is 86.1 Å². The van der Waals surface area contributed by atoms with Crippen molar-refractivity contribution in [1.29, 1.82) is 0 Å². The Morgan fingerprint density at radius 2 is 0.885 bits per heavy atom. The third kappa shape index (κ3) is 6.01. The van der Waals surface area contributed by atoms with Crippen LogP contribution in [0, 0.1) is 0 Å². The molecule has 0 spiro atoms. The molecule has 286 valence electrons. The minimum absolute atomic E-state index is 1.10. The maximum absolute atomic E-state index is 2.44. The summed E-state index contributed by atoms with van der Waals surface area (Å²) in [5.41, 5.74) is 14.1. The van der Waals surface area contributed by atoms with Gasteiger partial charge in [0.15, 0.2) is 0 Å². The SMILES string of the molecule is c1ccc(-c2ccc(N(c3ccc(-c4ccc5c6ccc7ccccc7c6n(-c6ccccc6)c5c4)cc3)c3ccc(-c4cccc5sc6ccccc6c45)cc3)cc2)cc1. The van der Waals surface area contributed by atoms with Crippen molar-refractivity contribution in [2.75, 3.05) is 4.90 Å². The molecule has 0 amide bonds. The van der Waals surface area contributed by atoms with E-state index in [4.69, 9.17) is 0 Å². The van der Waals surface area contributed by atoms with E-state index in [1.807, 2.05) is 11.3 Å².